The first-order chi connectivity index (χ1) is 8.31. The van der Waals surface area contributed by atoms with Crippen LogP contribution in [0.3, 0.4) is 0 Å². The number of aliphatic hydroxyl groups excluding tert-OH is 1. The molecule has 2 nitrogen and oxygen atoms in total. The lowest BCUT2D eigenvalue weighted by Gasteiger charge is -2.35. The summed E-state index contributed by atoms with van der Waals surface area (Å²) in [5.41, 5.74) is 0. The third-order valence-electron chi connectivity index (χ3n) is 4.41. The smallest absolute Gasteiger partial charge is 0.0693 e. The zero-order valence-electron chi connectivity index (χ0n) is 11.0. The lowest BCUT2D eigenvalue weighted by molar-refractivity contribution is 0.110. The van der Waals surface area contributed by atoms with E-state index in [0.717, 1.165) is 11.7 Å². The molecule has 0 aromatic carbocycles. The van der Waals surface area contributed by atoms with Crippen LogP contribution in [-0.4, -0.2) is 34.8 Å². The highest BCUT2D eigenvalue weighted by molar-refractivity contribution is 7.99. The summed E-state index contributed by atoms with van der Waals surface area (Å²) in [5, 5.41) is 14.7. The van der Waals surface area contributed by atoms with Gasteiger partial charge in [-0.25, -0.2) is 0 Å². The highest BCUT2D eigenvalue weighted by Gasteiger charge is 2.29. The van der Waals surface area contributed by atoms with E-state index in [9.17, 15) is 5.11 Å². The van der Waals surface area contributed by atoms with Gasteiger partial charge in [0.1, 0.15) is 0 Å². The van der Waals surface area contributed by atoms with Crippen molar-refractivity contribution >= 4 is 11.8 Å². The van der Waals surface area contributed by atoms with Gasteiger partial charge >= 0.3 is 0 Å². The van der Waals surface area contributed by atoms with Crippen LogP contribution in [0.1, 0.15) is 57.8 Å². The highest BCUT2D eigenvalue weighted by atomic mass is 32.2. The minimum absolute atomic E-state index is 0.109. The third kappa shape index (κ3) is 3.87. The summed E-state index contributed by atoms with van der Waals surface area (Å²) in [7, 11) is 0. The zero-order chi connectivity index (χ0) is 12.1. The van der Waals surface area contributed by atoms with Gasteiger partial charge in [0.15, 0.2) is 0 Å². The maximum atomic E-state index is 10.2. The Bertz CT molecular complexity index is 224. The topological polar surface area (TPSA) is 32.3 Å². The predicted octanol–water partition coefficient (Wildman–Crippen LogP) is 2.94. The summed E-state index contributed by atoms with van der Waals surface area (Å²) in [6.07, 6.45) is 13.5. The molecule has 0 heterocycles. The number of thioether (sulfide) groups is 1. The summed E-state index contributed by atoms with van der Waals surface area (Å²) in [6, 6.07) is 0.992. The molecule has 4 unspecified atom stereocenters. The van der Waals surface area contributed by atoms with Crippen LogP contribution in [0.15, 0.2) is 0 Å². The van der Waals surface area contributed by atoms with Gasteiger partial charge in [-0.2, -0.15) is 11.8 Å². The Morgan fingerprint density at radius 3 is 2.35 bits per heavy atom. The Kier molecular flexibility index (Phi) is 5.64. The van der Waals surface area contributed by atoms with Crippen molar-refractivity contribution in [3.63, 3.8) is 0 Å². The summed E-state index contributed by atoms with van der Waals surface area (Å²) in [4.78, 5) is 0. The minimum atomic E-state index is -0.109. The summed E-state index contributed by atoms with van der Waals surface area (Å²) in [5.74, 6) is 0. The normalized spacial score (nSPS) is 39.9. The molecule has 17 heavy (non-hydrogen) atoms. The number of rotatable bonds is 3. The lowest BCUT2D eigenvalue weighted by Crippen LogP contribution is -2.50. The van der Waals surface area contributed by atoms with E-state index in [4.69, 9.17) is 0 Å². The monoisotopic (exact) mass is 257 g/mol. The van der Waals surface area contributed by atoms with Crippen molar-refractivity contribution in [3.05, 3.63) is 0 Å². The molecule has 2 N–H and O–H groups in total. The number of hydrogen-bond donors (Lipinski definition) is 2. The molecule has 0 amide bonds. The molecule has 2 fully saturated rings. The molecule has 2 saturated carbocycles. The largest absolute Gasteiger partial charge is 0.392 e. The van der Waals surface area contributed by atoms with Gasteiger partial charge in [0, 0.05) is 17.3 Å². The molecule has 2 aliphatic rings. The SMILES string of the molecule is CSC1CCCCC1NC1CCCCCC1O. The van der Waals surface area contributed by atoms with E-state index >= 15 is 0 Å². The molecule has 0 bridgehead atoms. The second-order valence-corrected chi connectivity index (χ2v) is 6.72. The maximum Gasteiger partial charge on any atom is 0.0693 e. The second kappa shape index (κ2) is 7.01. The molecule has 2 rings (SSSR count). The summed E-state index contributed by atoms with van der Waals surface area (Å²) >= 11 is 2.00. The average molecular weight is 257 g/mol. The molecule has 0 aliphatic heterocycles. The van der Waals surface area contributed by atoms with E-state index in [1.807, 2.05) is 11.8 Å². The molecule has 2 aliphatic carbocycles. The fourth-order valence-electron chi connectivity index (χ4n) is 3.33. The van der Waals surface area contributed by atoms with Crippen LogP contribution in [0.25, 0.3) is 0 Å². The van der Waals surface area contributed by atoms with Crippen LogP contribution in [0.2, 0.25) is 0 Å². The van der Waals surface area contributed by atoms with Crippen molar-refractivity contribution in [1.29, 1.82) is 0 Å². The van der Waals surface area contributed by atoms with Gasteiger partial charge in [0.25, 0.3) is 0 Å². The molecular weight excluding hydrogens is 230 g/mol. The van der Waals surface area contributed by atoms with Crippen LogP contribution in [-0.2, 0) is 0 Å². The third-order valence-corrected chi connectivity index (χ3v) is 5.58. The first-order valence-electron chi connectivity index (χ1n) is 7.28. The zero-order valence-corrected chi connectivity index (χ0v) is 11.8. The number of hydrogen-bond acceptors (Lipinski definition) is 3. The Balaban J connectivity index is 1.88. The van der Waals surface area contributed by atoms with Gasteiger partial charge in [0.05, 0.1) is 6.10 Å². The van der Waals surface area contributed by atoms with E-state index in [0.29, 0.717) is 12.1 Å². The van der Waals surface area contributed by atoms with Gasteiger partial charge in [-0.05, 0) is 31.9 Å². The summed E-state index contributed by atoms with van der Waals surface area (Å²) in [6.45, 7) is 0. The Morgan fingerprint density at radius 1 is 0.882 bits per heavy atom. The molecule has 0 radical (unpaired) electrons. The van der Waals surface area contributed by atoms with E-state index in [-0.39, 0.29) is 6.10 Å². The van der Waals surface area contributed by atoms with Crippen molar-refractivity contribution in [2.24, 2.45) is 0 Å². The Labute approximate surface area is 110 Å². The van der Waals surface area contributed by atoms with E-state index in [1.54, 1.807) is 0 Å². The average Bonchev–Trinajstić information content (AvgIpc) is 2.56. The van der Waals surface area contributed by atoms with Crippen molar-refractivity contribution in [2.75, 3.05) is 6.26 Å². The van der Waals surface area contributed by atoms with Crippen LogP contribution in [0, 0.1) is 0 Å². The highest BCUT2D eigenvalue weighted by Crippen LogP contribution is 2.29. The molecule has 100 valence electrons. The molecule has 0 aromatic rings. The van der Waals surface area contributed by atoms with Crippen LogP contribution >= 0.6 is 11.8 Å². The van der Waals surface area contributed by atoms with Crippen molar-refractivity contribution < 1.29 is 5.11 Å². The lowest BCUT2D eigenvalue weighted by atomic mass is 9.93. The maximum absolute atomic E-state index is 10.2. The van der Waals surface area contributed by atoms with Crippen molar-refractivity contribution in [1.82, 2.24) is 5.32 Å². The molecule has 0 aromatic heterocycles. The van der Waals surface area contributed by atoms with Gasteiger partial charge in [-0.3, -0.25) is 0 Å². The first kappa shape index (κ1) is 13.7. The number of nitrogens with one attached hydrogen (secondary N) is 1. The quantitative estimate of drug-likeness (QED) is 0.763. The molecule has 0 spiro atoms. The standard InChI is InChI=1S/C14H27NOS/c1-17-14-10-6-5-8-12(14)15-11-7-3-2-4-9-13(11)16/h11-16H,2-10H2,1H3. The van der Waals surface area contributed by atoms with Gasteiger partial charge in [-0.1, -0.05) is 32.1 Å². The minimum Gasteiger partial charge on any atom is -0.392 e. The first-order valence-corrected chi connectivity index (χ1v) is 8.57. The van der Waals surface area contributed by atoms with Crippen LogP contribution in [0.5, 0.6) is 0 Å². The van der Waals surface area contributed by atoms with Crippen LogP contribution < -0.4 is 5.32 Å². The van der Waals surface area contributed by atoms with Gasteiger partial charge < -0.3 is 10.4 Å². The number of aliphatic hydroxyl groups is 1. The van der Waals surface area contributed by atoms with E-state index in [2.05, 4.69) is 11.6 Å². The summed E-state index contributed by atoms with van der Waals surface area (Å²) < 4.78 is 0. The second-order valence-electron chi connectivity index (χ2n) is 5.64. The molecule has 3 heteroatoms. The fraction of sp³-hybridized carbons (Fsp3) is 1.00. The van der Waals surface area contributed by atoms with Crippen molar-refractivity contribution in [3.8, 4) is 0 Å². The van der Waals surface area contributed by atoms with Crippen molar-refractivity contribution in [2.45, 2.75) is 81.2 Å². The van der Waals surface area contributed by atoms with E-state index in [1.165, 1.54) is 51.4 Å². The van der Waals surface area contributed by atoms with E-state index < -0.39 is 0 Å². The Hall–Kier alpha value is 0.270. The predicted molar refractivity (Wildman–Crippen MR) is 75.6 cm³/mol. The van der Waals surface area contributed by atoms with Gasteiger partial charge in [-0.15, -0.1) is 0 Å². The van der Waals surface area contributed by atoms with Gasteiger partial charge in [0.2, 0.25) is 0 Å². The molecule has 0 saturated heterocycles. The fourth-order valence-corrected chi connectivity index (χ4v) is 4.27. The molecular formula is C14H27NOS. The molecule has 4 atom stereocenters. The Morgan fingerprint density at radius 2 is 1.53 bits per heavy atom. The van der Waals surface area contributed by atoms with Crippen LogP contribution in [0.4, 0.5) is 0 Å².